The first-order chi connectivity index (χ1) is 2.94. The second kappa shape index (κ2) is 3.75. The Morgan fingerprint density at radius 3 is 1.75 bits per heavy atom. The first kappa shape index (κ1) is 11.6. The number of alkyl halides is 1. The Morgan fingerprint density at radius 1 is 1.62 bits per heavy atom. The Labute approximate surface area is 65.3 Å². The predicted octanol–water partition coefficient (Wildman–Crippen LogP) is -2.88. The van der Waals surface area contributed by atoms with E-state index in [1.807, 2.05) is 0 Å². The van der Waals surface area contributed by atoms with Crippen LogP contribution in [0.15, 0.2) is 0 Å². The third-order valence-electron chi connectivity index (χ3n) is 0.398. The summed E-state index contributed by atoms with van der Waals surface area (Å²) in [6.07, 6.45) is 0. The quantitative estimate of drug-likeness (QED) is 0.229. The van der Waals surface area contributed by atoms with Gasteiger partial charge in [0.1, 0.15) is 14.8 Å². The molecule has 0 aromatic heterocycles. The van der Waals surface area contributed by atoms with Gasteiger partial charge in [-0.25, -0.2) is 8.42 Å². The fourth-order valence-electron chi connectivity index (χ4n) is 0. The molecule has 0 saturated carbocycles. The summed E-state index contributed by atoms with van der Waals surface area (Å²) >= 11 is 4.85. The van der Waals surface area contributed by atoms with E-state index in [-0.39, 0.29) is 18.9 Å². The van der Waals surface area contributed by atoms with E-state index >= 15 is 0 Å². The van der Waals surface area contributed by atoms with Crippen molar-refractivity contribution in [2.45, 2.75) is 11.6 Å². The molecule has 0 amide bonds. The summed E-state index contributed by atoms with van der Waals surface area (Å²) in [6, 6.07) is 0. The van der Waals surface area contributed by atoms with E-state index in [4.69, 9.17) is 11.6 Å². The van der Waals surface area contributed by atoms with Gasteiger partial charge in [0.05, 0.1) is 0 Å². The van der Waals surface area contributed by atoms with Crippen molar-refractivity contribution >= 4 is 21.7 Å². The van der Waals surface area contributed by atoms with Gasteiger partial charge in [0.2, 0.25) is 0 Å². The Bertz CT molecular complexity index is 139. The van der Waals surface area contributed by atoms with Crippen molar-refractivity contribution in [2.24, 2.45) is 0 Å². The minimum absolute atomic E-state index is 0. The topological polar surface area (TPSA) is 57.2 Å². The largest absolute Gasteiger partial charge is 1.00 e. The van der Waals surface area contributed by atoms with E-state index in [2.05, 4.69) is 0 Å². The molecule has 0 spiro atoms. The summed E-state index contributed by atoms with van der Waals surface area (Å²) in [5.41, 5.74) is 0. The Hall–Kier alpha value is 0.797. The molecule has 6 heteroatoms. The second-order valence-corrected chi connectivity index (χ2v) is 3.64. The van der Waals surface area contributed by atoms with Crippen LogP contribution in [0.1, 0.15) is 6.92 Å². The Balaban J connectivity index is 0. The molecule has 0 aromatic rings. The van der Waals surface area contributed by atoms with E-state index in [9.17, 15) is 13.0 Å². The molecule has 0 aliphatic heterocycles. The first-order valence-corrected chi connectivity index (χ1v) is 3.44. The van der Waals surface area contributed by atoms with E-state index in [0.29, 0.717) is 0 Å². The monoisotopic (exact) mass is 150 g/mol. The summed E-state index contributed by atoms with van der Waals surface area (Å²) in [6.45, 7) is 1.11. The maximum Gasteiger partial charge on any atom is 1.00 e. The molecule has 0 N–H and O–H groups in total. The van der Waals surface area contributed by atoms with Gasteiger partial charge in [-0.05, 0) is 6.92 Å². The van der Waals surface area contributed by atoms with Gasteiger partial charge in [0.25, 0.3) is 0 Å². The van der Waals surface area contributed by atoms with Crippen LogP contribution < -0.4 is 18.9 Å². The minimum Gasteiger partial charge on any atom is -0.747 e. The van der Waals surface area contributed by atoms with Crippen LogP contribution in [0, 0.1) is 0 Å². The number of halogens is 1. The van der Waals surface area contributed by atoms with Crippen molar-refractivity contribution in [1.29, 1.82) is 0 Å². The van der Waals surface area contributed by atoms with Crippen LogP contribution in [0.3, 0.4) is 0 Å². The van der Waals surface area contributed by atoms with Gasteiger partial charge in [-0.2, -0.15) is 0 Å². The Kier molecular flexibility index (Phi) is 5.43. The molecule has 0 aromatic carbocycles. The van der Waals surface area contributed by atoms with Gasteiger partial charge in [-0.1, -0.05) is 0 Å². The summed E-state index contributed by atoms with van der Waals surface area (Å²) in [7, 11) is -4.23. The van der Waals surface area contributed by atoms with Crippen LogP contribution in [0.4, 0.5) is 0 Å². The zero-order valence-corrected chi connectivity index (χ0v) is 6.16. The van der Waals surface area contributed by atoms with Crippen molar-refractivity contribution in [3.05, 3.63) is 0 Å². The average molecular weight is 151 g/mol. The van der Waals surface area contributed by atoms with E-state index in [1.54, 1.807) is 0 Å². The van der Waals surface area contributed by atoms with E-state index in [1.165, 1.54) is 0 Å². The fourth-order valence-corrected chi connectivity index (χ4v) is 0. The van der Waals surface area contributed by atoms with Gasteiger partial charge < -0.3 is 4.55 Å². The summed E-state index contributed by atoms with van der Waals surface area (Å²) < 4.78 is 27.6. The van der Waals surface area contributed by atoms with Crippen LogP contribution in [-0.4, -0.2) is 17.7 Å². The van der Waals surface area contributed by atoms with Gasteiger partial charge in [0.15, 0.2) is 0 Å². The molecule has 0 rings (SSSR count). The molecule has 0 fully saturated rings. The zero-order chi connectivity index (χ0) is 6.08. The van der Waals surface area contributed by atoms with Crippen molar-refractivity contribution in [3.63, 3.8) is 0 Å². The van der Waals surface area contributed by atoms with Crippen LogP contribution in [0.2, 0.25) is 0 Å². The molecule has 8 heavy (non-hydrogen) atoms. The third kappa shape index (κ3) is 4.94. The average Bonchev–Trinajstić information content (AvgIpc) is 1.31. The van der Waals surface area contributed by atoms with Gasteiger partial charge >= 0.3 is 18.9 Å². The van der Waals surface area contributed by atoms with E-state index in [0.717, 1.165) is 6.92 Å². The molecule has 1 unspecified atom stereocenters. The molecule has 3 nitrogen and oxygen atoms in total. The third-order valence-corrected chi connectivity index (χ3v) is 1.85. The molecule has 0 aliphatic carbocycles. The zero-order valence-electron chi connectivity index (χ0n) is 4.59. The standard InChI is InChI=1S/C2H5ClO3S.Li/c1-2(3)7(4,5)6;/h2H,1H3,(H,4,5,6);/q;+1/p-1. The van der Waals surface area contributed by atoms with Crippen molar-refractivity contribution in [2.75, 3.05) is 0 Å². The number of hydrogen-bond donors (Lipinski definition) is 0. The minimum atomic E-state index is -4.23. The van der Waals surface area contributed by atoms with Gasteiger partial charge in [-0.15, -0.1) is 11.6 Å². The number of rotatable bonds is 1. The maximum absolute atomic E-state index is 9.64. The fraction of sp³-hybridized carbons (Fsp3) is 1.00. The normalized spacial score (nSPS) is 14.4. The molecule has 44 valence electrons. The summed E-state index contributed by atoms with van der Waals surface area (Å²) in [5.74, 6) is 0. The summed E-state index contributed by atoms with van der Waals surface area (Å²) in [4.78, 5) is 0. The SMILES string of the molecule is CC(Cl)S(=O)(=O)[O-].[Li+]. The molecular formula is C2H4ClLiO3S. The predicted molar refractivity (Wildman–Crippen MR) is 25.0 cm³/mol. The van der Waals surface area contributed by atoms with E-state index < -0.39 is 14.8 Å². The van der Waals surface area contributed by atoms with Crippen molar-refractivity contribution < 1.29 is 31.8 Å². The van der Waals surface area contributed by atoms with Crippen LogP contribution in [-0.2, 0) is 10.1 Å². The molecular weight excluding hydrogens is 146 g/mol. The van der Waals surface area contributed by atoms with Crippen molar-refractivity contribution in [3.8, 4) is 0 Å². The van der Waals surface area contributed by atoms with Crippen LogP contribution >= 0.6 is 11.6 Å². The van der Waals surface area contributed by atoms with Crippen LogP contribution in [0.5, 0.6) is 0 Å². The second-order valence-electron chi connectivity index (χ2n) is 1.04. The smallest absolute Gasteiger partial charge is 0.747 e. The molecule has 0 aliphatic rings. The van der Waals surface area contributed by atoms with Crippen LogP contribution in [0.25, 0.3) is 0 Å². The Morgan fingerprint density at radius 2 is 1.75 bits per heavy atom. The molecule has 0 bridgehead atoms. The van der Waals surface area contributed by atoms with Gasteiger partial charge in [0, 0.05) is 0 Å². The van der Waals surface area contributed by atoms with Crippen molar-refractivity contribution in [1.82, 2.24) is 0 Å². The first-order valence-electron chi connectivity index (χ1n) is 1.53. The molecule has 1 atom stereocenters. The summed E-state index contributed by atoms with van der Waals surface area (Å²) in [5, 5.41) is 0. The molecule has 0 saturated heterocycles. The maximum atomic E-state index is 9.64. The molecule has 0 heterocycles. The number of hydrogen-bond acceptors (Lipinski definition) is 3. The van der Waals surface area contributed by atoms with Gasteiger partial charge in [-0.3, -0.25) is 0 Å². The molecule has 0 radical (unpaired) electrons.